The Balaban J connectivity index is 1.66. The molecule has 0 spiro atoms. The first-order chi connectivity index (χ1) is 12.9. The van der Waals surface area contributed by atoms with Crippen molar-refractivity contribution in [3.8, 4) is 0 Å². The molecule has 3 heterocycles. The number of likely N-dealkylation sites (N-methyl/N-ethyl adjacent to an activating group) is 1. The van der Waals surface area contributed by atoms with Crippen LogP contribution in [0.25, 0.3) is 0 Å². The van der Waals surface area contributed by atoms with E-state index in [9.17, 15) is 14.4 Å². The SMILES string of the molecule is CN1C(=O)N(CC(=O)O)C(=O)C2C1NC1N(c3cccc(Cl)c3)CCCN21. The maximum atomic E-state index is 12.9. The molecule has 0 bridgehead atoms. The summed E-state index contributed by atoms with van der Waals surface area (Å²) in [7, 11) is 1.58. The van der Waals surface area contributed by atoms with Gasteiger partial charge in [0.15, 0.2) is 0 Å². The van der Waals surface area contributed by atoms with E-state index in [2.05, 4.69) is 10.2 Å². The fraction of sp³-hybridized carbons (Fsp3) is 0.471. The lowest BCUT2D eigenvalue weighted by atomic mass is 10.1. The molecular formula is C17H20ClN5O4. The third kappa shape index (κ3) is 2.91. The Hall–Kier alpha value is -2.36. The van der Waals surface area contributed by atoms with Gasteiger partial charge in [0.1, 0.15) is 25.0 Å². The highest BCUT2D eigenvalue weighted by Gasteiger charge is 2.56. The second-order valence-electron chi connectivity index (χ2n) is 6.91. The fourth-order valence-corrected chi connectivity index (χ4v) is 4.30. The number of aliphatic carboxylic acids is 1. The summed E-state index contributed by atoms with van der Waals surface area (Å²) in [4.78, 5) is 42.9. The molecule has 0 saturated carbocycles. The van der Waals surface area contributed by atoms with Crippen LogP contribution in [0, 0.1) is 0 Å². The monoisotopic (exact) mass is 393 g/mol. The number of nitrogens with zero attached hydrogens (tertiary/aromatic N) is 4. The van der Waals surface area contributed by atoms with E-state index in [1.165, 1.54) is 4.90 Å². The molecule has 3 aliphatic rings. The predicted octanol–water partition coefficient (Wildman–Crippen LogP) is 0.412. The third-order valence-corrected chi connectivity index (χ3v) is 5.54. The highest BCUT2D eigenvalue weighted by molar-refractivity contribution is 6.30. The van der Waals surface area contributed by atoms with E-state index in [1.807, 2.05) is 23.1 Å². The molecule has 1 aromatic rings. The molecule has 27 heavy (non-hydrogen) atoms. The fourth-order valence-electron chi connectivity index (χ4n) is 4.12. The number of carboxylic acid groups (broad SMARTS) is 1. The van der Waals surface area contributed by atoms with Crippen molar-refractivity contribution in [2.24, 2.45) is 0 Å². The smallest absolute Gasteiger partial charge is 0.328 e. The molecule has 3 amide bonds. The van der Waals surface area contributed by atoms with Crippen LogP contribution in [0.5, 0.6) is 0 Å². The number of amides is 3. The first-order valence-corrected chi connectivity index (χ1v) is 9.10. The van der Waals surface area contributed by atoms with Gasteiger partial charge in [-0.1, -0.05) is 17.7 Å². The topological polar surface area (TPSA) is 96.4 Å². The number of anilines is 1. The minimum Gasteiger partial charge on any atom is -0.480 e. The van der Waals surface area contributed by atoms with Crippen molar-refractivity contribution >= 4 is 35.2 Å². The van der Waals surface area contributed by atoms with E-state index in [0.717, 1.165) is 23.6 Å². The standard InChI is InChI=1S/C17H20ClN5O4/c1-20-14-13(15(26)23(17(20)27)9-12(24)25)22-7-3-6-21(16(22)19-14)11-5-2-4-10(18)8-11/h2,4-5,8,13-14,16,19H,3,6-7,9H2,1H3,(H,24,25). The highest BCUT2D eigenvalue weighted by atomic mass is 35.5. The van der Waals surface area contributed by atoms with E-state index in [4.69, 9.17) is 16.7 Å². The second-order valence-corrected chi connectivity index (χ2v) is 7.34. The van der Waals surface area contributed by atoms with Crippen LogP contribution in [0.4, 0.5) is 10.5 Å². The Bertz CT molecular complexity index is 805. The first-order valence-electron chi connectivity index (χ1n) is 8.72. The lowest BCUT2D eigenvalue weighted by Crippen LogP contribution is -2.66. The van der Waals surface area contributed by atoms with Gasteiger partial charge < -0.3 is 14.9 Å². The van der Waals surface area contributed by atoms with Crippen LogP contribution in [0.3, 0.4) is 0 Å². The van der Waals surface area contributed by atoms with Gasteiger partial charge in [0.25, 0.3) is 5.91 Å². The number of fused-ring (bicyclic) bond motifs is 3. The van der Waals surface area contributed by atoms with Gasteiger partial charge in [0.2, 0.25) is 0 Å². The van der Waals surface area contributed by atoms with Gasteiger partial charge in [-0.15, -0.1) is 0 Å². The summed E-state index contributed by atoms with van der Waals surface area (Å²) in [6, 6.07) is 6.25. The Labute approximate surface area is 161 Å². The van der Waals surface area contributed by atoms with Crippen molar-refractivity contribution in [2.45, 2.75) is 24.9 Å². The molecule has 1 aromatic carbocycles. The number of hydrogen-bond acceptors (Lipinski definition) is 6. The molecule has 2 N–H and O–H groups in total. The number of benzene rings is 1. The van der Waals surface area contributed by atoms with Gasteiger partial charge in [0, 0.05) is 30.8 Å². The normalized spacial score (nSPS) is 28.4. The zero-order valence-electron chi connectivity index (χ0n) is 14.7. The van der Waals surface area contributed by atoms with E-state index in [-0.39, 0.29) is 6.29 Å². The van der Waals surface area contributed by atoms with Gasteiger partial charge in [-0.25, -0.2) is 4.79 Å². The van der Waals surface area contributed by atoms with Gasteiger partial charge >= 0.3 is 12.0 Å². The summed E-state index contributed by atoms with van der Waals surface area (Å²) in [5, 5.41) is 13.1. The summed E-state index contributed by atoms with van der Waals surface area (Å²) >= 11 is 6.13. The van der Waals surface area contributed by atoms with Crippen molar-refractivity contribution in [1.29, 1.82) is 0 Å². The summed E-state index contributed by atoms with van der Waals surface area (Å²) < 4.78 is 0. The largest absolute Gasteiger partial charge is 0.480 e. The number of carbonyl (C=O) groups is 3. The molecule has 0 aromatic heterocycles. The maximum Gasteiger partial charge on any atom is 0.328 e. The van der Waals surface area contributed by atoms with Crippen molar-refractivity contribution in [3.05, 3.63) is 29.3 Å². The van der Waals surface area contributed by atoms with E-state index in [0.29, 0.717) is 11.6 Å². The Kier molecular flexibility index (Phi) is 4.45. The Morgan fingerprint density at radius 2 is 2.11 bits per heavy atom. The van der Waals surface area contributed by atoms with Gasteiger partial charge in [-0.05, 0) is 24.6 Å². The number of carbonyl (C=O) groups excluding carboxylic acids is 2. The minimum absolute atomic E-state index is 0.281. The Morgan fingerprint density at radius 1 is 1.33 bits per heavy atom. The molecule has 3 atom stereocenters. The van der Waals surface area contributed by atoms with Crippen LogP contribution in [-0.2, 0) is 9.59 Å². The Morgan fingerprint density at radius 3 is 2.81 bits per heavy atom. The van der Waals surface area contributed by atoms with Crippen LogP contribution in [-0.4, -0.2) is 82.9 Å². The predicted molar refractivity (Wildman–Crippen MR) is 97.1 cm³/mol. The molecule has 10 heteroatoms. The van der Waals surface area contributed by atoms with E-state index >= 15 is 0 Å². The van der Waals surface area contributed by atoms with Crippen LogP contribution < -0.4 is 10.2 Å². The first kappa shape index (κ1) is 18.0. The molecule has 144 valence electrons. The zero-order valence-corrected chi connectivity index (χ0v) is 15.5. The molecule has 0 aliphatic carbocycles. The summed E-state index contributed by atoms with van der Waals surface area (Å²) in [5.74, 6) is -1.70. The van der Waals surface area contributed by atoms with Gasteiger partial charge in [-0.3, -0.25) is 24.7 Å². The lowest BCUT2D eigenvalue weighted by molar-refractivity contribution is -0.147. The molecule has 9 nitrogen and oxygen atoms in total. The quantitative estimate of drug-likeness (QED) is 0.767. The van der Waals surface area contributed by atoms with Crippen molar-refractivity contribution < 1.29 is 19.5 Å². The molecule has 3 aliphatic heterocycles. The van der Waals surface area contributed by atoms with Crippen LogP contribution in [0.2, 0.25) is 5.02 Å². The molecule has 0 radical (unpaired) electrons. The second kappa shape index (κ2) is 6.66. The van der Waals surface area contributed by atoms with Crippen molar-refractivity contribution in [1.82, 2.24) is 20.0 Å². The minimum atomic E-state index is -1.22. The number of nitrogens with one attached hydrogen (secondary N) is 1. The summed E-state index contributed by atoms with van der Waals surface area (Å²) in [6.07, 6.45) is 0.0358. The number of hydrogen-bond donors (Lipinski definition) is 2. The number of imide groups is 1. The number of carboxylic acids is 1. The van der Waals surface area contributed by atoms with Gasteiger partial charge in [0.05, 0.1) is 0 Å². The van der Waals surface area contributed by atoms with Crippen molar-refractivity contribution in [2.75, 3.05) is 31.6 Å². The van der Waals surface area contributed by atoms with Crippen LogP contribution in [0.1, 0.15) is 6.42 Å². The van der Waals surface area contributed by atoms with Crippen molar-refractivity contribution in [3.63, 3.8) is 0 Å². The molecule has 3 fully saturated rings. The number of halogens is 1. The lowest BCUT2D eigenvalue weighted by Gasteiger charge is -2.43. The molecule has 4 rings (SSSR count). The average Bonchev–Trinajstić information content (AvgIpc) is 3.03. The number of urea groups is 1. The number of rotatable bonds is 3. The highest BCUT2D eigenvalue weighted by Crippen LogP contribution is 2.33. The zero-order chi connectivity index (χ0) is 19.3. The van der Waals surface area contributed by atoms with Crippen LogP contribution >= 0.6 is 11.6 Å². The molecule has 3 unspecified atom stereocenters. The molecular weight excluding hydrogens is 374 g/mol. The summed E-state index contributed by atoms with van der Waals surface area (Å²) in [6.45, 7) is 0.810. The maximum absolute atomic E-state index is 12.9. The molecule has 3 saturated heterocycles. The van der Waals surface area contributed by atoms with Crippen LogP contribution in [0.15, 0.2) is 24.3 Å². The summed E-state index contributed by atoms with van der Waals surface area (Å²) in [5.41, 5.74) is 0.923. The van der Waals surface area contributed by atoms with Gasteiger partial charge in [-0.2, -0.15) is 0 Å². The van der Waals surface area contributed by atoms with E-state index < -0.39 is 36.7 Å². The van der Waals surface area contributed by atoms with E-state index in [1.54, 1.807) is 13.1 Å². The third-order valence-electron chi connectivity index (χ3n) is 5.30. The average molecular weight is 394 g/mol.